The Balaban J connectivity index is 1.90. The highest BCUT2D eigenvalue weighted by Crippen LogP contribution is 2.34. The quantitative estimate of drug-likeness (QED) is 0.785. The normalized spacial score (nSPS) is 30.1. The average Bonchev–Trinajstić information content (AvgIpc) is 2.33. The minimum atomic E-state index is 0.391. The van der Waals surface area contributed by atoms with Gasteiger partial charge in [0, 0.05) is 31.7 Å². The van der Waals surface area contributed by atoms with Crippen LogP contribution < -0.4 is 5.32 Å². The molecule has 0 spiro atoms. The molecule has 1 aliphatic heterocycles. The smallest absolute Gasteiger partial charge is 0.0198 e. The zero-order valence-corrected chi connectivity index (χ0v) is 15.1. The molecule has 2 fully saturated rings. The van der Waals surface area contributed by atoms with Gasteiger partial charge in [-0.25, -0.2) is 0 Å². The summed E-state index contributed by atoms with van der Waals surface area (Å²) in [5, 5.41) is 3.87. The van der Waals surface area contributed by atoms with Gasteiger partial charge in [0.05, 0.1) is 0 Å². The van der Waals surface area contributed by atoms with E-state index >= 15 is 0 Å². The first-order valence-corrected chi connectivity index (χ1v) is 9.36. The molecule has 2 rings (SSSR count). The molecule has 0 aromatic carbocycles. The second kappa shape index (κ2) is 7.46. The molecule has 2 nitrogen and oxygen atoms in total. The molecule has 124 valence electrons. The van der Waals surface area contributed by atoms with E-state index in [1.165, 1.54) is 51.6 Å². The average molecular weight is 295 g/mol. The summed E-state index contributed by atoms with van der Waals surface area (Å²) in [7, 11) is 0. The lowest BCUT2D eigenvalue weighted by Crippen LogP contribution is -2.55. The van der Waals surface area contributed by atoms with Crippen molar-refractivity contribution >= 4 is 0 Å². The number of nitrogens with one attached hydrogen (secondary N) is 1. The van der Waals surface area contributed by atoms with Crippen LogP contribution in [0.1, 0.15) is 73.1 Å². The lowest BCUT2D eigenvalue weighted by atomic mass is 9.78. The molecular weight excluding hydrogens is 256 g/mol. The summed E-state index contributed by atoms with van der Waals surface area (Å²) in [6.07, 6.45) is 8.53. The largest absolute Gasteiger partial charge is 0.312 e. The minimum absolute atomic E-state index is 0.391. The predicted molar refractivity (Wildman–Crippen MR) is 92.6 cm³/mol. The molecule has 1 heterocycles. The summed E-state index contributed by atoms with van der Waals surface area (Å²) in [6.45, 7) is 15.6. The lowest BCUT2D eigenvalue weighted by Gasteiger charge is -2.46. The molecule has 1 saturated heterocycles. The summed E-state index contributed by atoms with van der Waals surface area (Å²) in [4.78, 5) is 2.81. The van der Waals surface area contributed by atoms with E-state index in [9.17, 15) is 0 Å². The summed E-state index contributed by atoms with van der Waals surface area (Å²) < 4.78 is 0. The first-order valence-electron chi connectivity index (χ1n) is 9.36. The number of likely N-dealkylation sites (tertiary alicyclic amines) is 1. The molecule has 1 N–H and O–H groups in total. The van der Waals surface area contributed by atoms with Gasteiger partial charge in [0.2, 0.25) is 0 Å². The maximum atomic E-state index is 3.87. The van der Waals surface area contributed by atoms with E-state index in [-0.39, 0.29) is 0 Å². The second-order valence-corrected chi connectivity index (χ2v) is 8.91. The Bertz CT molecular complexity index is 303. The Hall–Kier alpha value is -0.0800. The summed E-state index contributed by atoms with van der Waals surface area (Å²) in [5.41, 5.74) is 0.391. The third-order valence-electron chi connectivity index (χ3n) is 5.59. The molecule has 0 amide bonds. The summed E-state index contributed by atoms with van der Waals surface area (Å²) in [5.74, 6) is 1.89. The van der Waals surface area contributed by atoms with Crippen molar-refractivity contribution < 1.29 is 0 Å². The van der Waals surface area contributed by atoms with Crippen LogP contribution in [0.2, 0.25) is 0 Å². The predicted octanol–water partition coefficient (Wildman–Crippen LogP) is 4.30. The van der Waals surface area contributed by atoms with Gasteiger partial charge < -0.3 is 5.32 Å². The van der Waals surface area contributed by atoms with Gasteiger partial charge in [0.1, 0.15) is 0 Å². The van der Waals surface area contributed by atoms with E-state index in [0.717, 1.165) is 24.4 Å². The number of hydrogen-bond acceptors (Lipinski definition) is 2. The first kappa shape index (κ1) is 17.3. The van der Waals surface area contributed by atoms with E-state index in [1.54, 1.807) is 0 Å². The van der Waals surface area contributed by atoms with Gasteiger partial charge in [-0.05, 0) is 49.9 Å². The third-order valence-corrected chi connectivity index (χ3v) is 5.59. The van der Waals surface area contributed by atoms with Crippen LogP contribution in [0.25, 0.3) is 0 Å². The lowest BCUT2D eigenvalue weighted by molar-refractivity contribution is 0.0476. The van der Waals surface area contributed by atoms with Gasteiger partial charge in [0.15, 0.2) is 0 Å². The molecule has 1 saturated carbocycles. The standard InChI is InChI=1S/C19H38N2/c1-6-8-16-11-18(20-14-19(3,4)5)13-21(12-16)15(2)17-9-7-10-17/h15-18,20H,6-14H2,1-5H3. The first-order chi connectivity index (χ1) is 9.89. The number of rotatable bonds is 6. The van der Waals surface area contributed by atoms with Gasteiger partial charge in [-0.2, -0.15) is 0 Å². The highest BCUT2D eigenvalue weighted by atomic mass is 15.2. The van der Waals surface area contributed by atoms with E-state index in [1.807, 2.05) is 0 Å². The fourth-order valence-corrected chi connectivity index (χ4v) is 4.01. The fraction of sp³-hybridized carbons (Fsp3) is 1.00. The summed E-state index contributed by atoms with van der Waals surface area (Å²) in [6, 6.07) is 1.51. The highest BCUT2D eigenvalue weighted by molar-refractivity contribution is 4.90. The second-order valence-electron chi connectivity index (χ2n) is 8.91. The van der Waals surface area contributed by atoms with E-state index in [2.05, 4.69) is 44.8 Å². The highest BCUT2D eigenvalue weighted by Gasteiger charge is 2.34. The molecule has 0 aromatic rings. The fourth-order valence-electron chi connectivity index (χ4n) is 4.01. The molecule has 3 unspecified atom stereocenters. The van der Waals surface area contributed by atoms with E-state index < -0.39 is 0 Å². The van der Waals surface area contributed by atoms with Crippen LogP contribution in [-0.2, 0) is 0 Å². The molecule has 0 aromatic heterocycles. The van der Waals surface area contributed by atoms with Crippen molar-refractivity contribution in [3.63, 3.8) is 0 Å². The zero-order valence-electron chi connectivity index (χ0n) is 15.1. The van der Waals surface area contributed by atoms with Crippen molar-refractivity contribution in [2.75, 3.05) is 19.6 Å². The van der Waals surface area contributed by atoms with Crippen molar-refractivity contribution in [3.8, 4) is 0 Å². The van der Waals surface area contributed by atoms with Crippen LogP contribution >= 0.6 is 0 Å². The van der Waals surface area contributed by atoms with Crippen LogP contribution in [0.4, 0.5) is 0 Å². The topological polar surface area (TPSA) is 15.3 Å². The molecule has 2 heteroatoms. The summed E-state index contributed by atoms with van der Waals surface area (Å²) >= 11 is 0. The van der Waals surface area contributed by atoms with Crippen molar-refractivity contribution in [1.29, 1.82) is 0 Å². The van der Waals surface area contributed by atoms with Crippen molar-refractivity contribution in [1.82, 2.24) is 10.2 Å². The number of nitrogens with zero attached hydrogens (tertiary/aromatic N) is 1. The zero-order chi connectivity index (χ0) is 15.5. The third kappa shape index (κ3) is 5.25. The van der Waals surface area contributed by atoms with Crippen LogP contribution in [-0.4, -0.2) is 36.6 Å². The van der Waals surface area contributed by atoms with Gasteiger partial charge in [0.25, 0.3) is 0 Å². The van der Waals surface area contributed by atoms with Crippen LogP contribution in [0, 0.1) is 17.3 Å². The maximum absolute atomic E-state index is 3.87. The monoisotopic (exact) mass is 294 g/mol. The molecule has 0 radical (unpaired) electrons. The van der Waals surface area contributed by atoms with Crippen LogP contribution in [0.5, 0.6) is 0 Å². The Morgan fingerprint density at radius 3 is 2.43 bits per heavy atom. The van der Waals surface area contributed by atoms with E-state index in [4.69, 9.17) is 0 Å². The van der Waals surface area contributed by atoms with Gasteiger partial charge >= 0.3 is 0 Å². The Morgan fingerprint density at radius 1 is 1.19 bits per heavy atom. The SMILES string of the molecule is CCCC1CC(NCC(C)(C)C)CN(C(C)C2CCC2)C1. The molecular formula is C19H38N2. The van der Waals surface area contributed by atoms with Gasteiger partial charge in [-0.15, -0.1) is 0 Å². The number of piperidine rings is 1. The Kier molecular flexibility index (Phi) is 6.14. The van der Waals surface area contributed by atoms with Gasteiger partial charge in [-0.3, -0.25) is 4.90 Å². The minimum Gasteiger partial charge on any atom is -0.312 e. The molecule has 21 heavy (non-hydrogen) atoms. The van der Waals surface area contributed by atoms with Gasteiger partial charge in [-0.1, -0.05) is 40.5 Å². The van der Waals surface area contributed by atoms with Crippen molar-refractivity contribution in [3.05, 3.63) is 0 Å². The van der Waals surface area contributed by atoms with E-state index in [0.29, 0.717) is 11.5 Å². The maximum Gasteiger partial charge on any atom is 0.0198 e. The van der Waals surface area contributed by atoms with Crippen molar-refractivity contribution in [2.24, 2.45) is 17.3 Å². The molecule has 0 bridgehead atoms. The molecule has 2 aliphatic rings. The van der Waals surface area contributed by atoms with Crippen LogP contribution in [0.15, 0.2) is 0 Å². The molecule has 1 aliphatic carbocycles. The number of hydrogen-bond donors (Lipinski definition) is 1. The Morgan fingerprint density at radius 2 is 1.90 bits per heavy atom. The van der Waals surface area contributed by atoms with Crippen molar-refractivity contribution in [2.45, 2.75) is 85.2 Å². The van der Waals surface area contributed by atoms with Crippen LogP contribution in [0.3, 0.4) is 0 Å². The molecule has 3 atom stereocenters. The Labute approximate surface area is 133 Å².